The van der Waals surface area contributed by atoms with E-state index >= 15 is 0 Å². The van der Waals surface area contributed by atoms with Crippen molar-refractivity contribution in [3.05, 3.63) is 0 Å². The maximum Gasteiger partial charge on any atom is 0 e. The van der Waals surface area contributed by atoms with E-state index < -0.39 is 0 Å². The number of rotatable bonds is 0. The normalized spacial score (nSPS) is 0. The zero-order chi connectivity index (χ0) is 0. The van der Waals surface area contributed by atoms with Gasteiger partial charge in [-0.05, 0) is 0 Å². The van der Waals surface area contributed by atoms with Gasteiger partial charge >= 0.3 is 0 Å². The van der Waals surface area contributed by atoms with Gasteiger partial charge in [-0.1, -0.05) is 0 Å². The maximum atomic E-state index is 0. The second-order valence-electron chi connectivity index (χ2n) is 0. The van der Waals surface area contributed by atoms with Gasteiger partial charge in [0, 0.05) is 54.9 Å². The van der Waals surface area contributed by atoms with Crippen molar-refractivity contribution in [2.75, 3.05) is 0 Å². The Morgan fingerprint density at radius 3 is 1.00 bits per heavy atom. The predicted molar refractivity (Wildman–Crippen MR) is 11.1 cm³/mol. The summed E-state index contributed by atoms with van der Waals surface area (Å²) >= 11 is 0. The van der Waals surface area contributed by atoms with Crippen LogP contribution in [0, 0.1) is 0 Å². The third kappa shape index (κ3) is 8.91. The molecular formula is H3CoFePW. The van der Waals surface area contributed by atoms with E-state index in [0.717, 1.165) is 0 Å². The fourth-order valence-corrected chi connectivity index (χ4v) is 0. The molecule has 0 aliphatic heterocycles. The molecule has 4 heavy (non-hydrogen) atoms. The summed E-state index contributed by atoms with van der Waals surface area (Å²) in [6, 6.07) is 0. The standard InChI is InChI=1S/Co.Fe.H3P.W/h;;1H3;. The first-order valence-electron chi connectivity index (χ1n) is 0. The van der Waals surface area contributed by atoms with E-state index in [9.17, 15) is 0 Å². The first-order chi connectivity index (χ1) is 0. The second-order valence-corrected chi connectivity index (χ2v) is 0. The van der Waals surface area contributed by atoms with Crippen LogP contribution in [-0.2, 0) is 54.9 Å². The smallest absolute Gasteiger partial charge is 0 e. The molecule has 0 fully saturated rings. The minimum absolute atomic E-state index is 0. The molecule has 0 aromatic rings. The molecular weight excluding hydrogens is 330 g/mol. The summed E-state index contributed by atoms with van der Waals surface area (Å²) in [7, 11) is 0. The van der Waals surface area contributed by atoms with Crippen molar-refractivity contribution in [3.8, 4) is 0 Å². The van der Waals surface area contributed by atoms with Gasteiger partial charge in [0.15, 0.2) is 0 Å². The molecule has 0 heterocycles. The maximum absolute atomic E-state index is 0. The molecule has 1 radical (unpaired) electrons. The minimum Gasteiger partial charge on any atom is -0.153 e. The van der Waals surface area contributed by atoms with Crippen molar-refractivity contribution >= 4 is 9.90 Å². The van der Waals surface area contributed by atoms with Crippen LogP contribution in [0.25, 0.3) is 0 Å². The van der Waals surface area contributed by atoms with Gasteiger partial charge in [-0.25, -0.2) is 0 Å². The molecule has 0 rings (SSSR count). The van der Waals surface area contributed by atoms with Crippen LogP contribution in [0.15, 0.2) is 0 Å². The zero-order valence-corrected chi connectivity index (χ0v) is 8.30. The SMILES string of the molecule is P.[Co].[Fe].[W]. The number of hydrogen-bond acceptors (Lipinski definition) is 0. The topological polar surface area (TPSA) is 0 Å². The zero-order valence-electron chi connectivity index (χ0n) is 1.80. The molecule has 1 atom stereocenters. The van der Waals surface area contributed by atoms with E-state index in [-0.39, 0.29) is 64.8 Å². The Morgan fingerprint density at radius 2 is 1.00 bits per heavy atom. The van der Waals surface area contributed by atoms with Gasteiger partial charge in [0.2, 0.25) is 0 Å². The summed E-state index contributed by atoms with van der Waals surface area (Å²) in [6.45, 7) is 0. The predicted octanol–water partition coefficient (Wildman–Crippen LogP) is 0.0506. The molecule has 0 spiro atoms. The summed E-state index contributed by atoms with van der Waals surface area (Å²) in [6.07, 6.45) is 0. The Kier molecular flexibility index (Phi) is 170. The second kappa shape index (κ2) is 19.2. The Bertz CT molecular complexity index is 8.00. The first-order valence-corrected chi connectivity index (χ1v) is 0. The molecule has 0 aliphatic carbocycles. The summed E-state index contributed by atoms with van der Waals surface area (Å²) in [5, 5.41) is 0. The molecule has 31 valence electrons. The monoisotopic (exact) mass is 333 g/mol. The van der Waals surface area contributed by atoms with Gasteiger partial charge in [-0.2, -0.15) is 9.90 Å². The minimum atomic E-state index is 0. The van der Waals surface area contributed by atoms with Gasteiger partial charge in [0.05, 0.1) is 0 Å². The van der Waals surface area contributed by atoms with Gasteiger partial charge in [-0.15, -0.1) is 0 Å². The van der Waals surface area contributed by atoms with Crippen molar-refractivity contribution in [1.82, 2.24) is 0 Å². The van der Waals surface area contributed by atoms with Gasteiger partial charge < -0.3 is 0 Å². The van der Waals surface area contributed by atoms with E-state index in [4.69, 9.17) is 0 Å². The van der Waals surface area contributed by atoms with Crippen molar-refractivity contribution < 1.29 is 54.9 Å². The van der Waals surface area contributed by atoms with E-state index in [0.29, 0.717) is 0 Å². The van der Waals surface area contributed by atoms with Crippen LogP contribution >= 0.6 is 9.90 Å². The van der Waals surface area contributed by atoms with Gasteiger partial charge in [-0.3, -0.25) is 0 Å². The molecule has 0 amide bonds. The van der Waals surface area contributed by atoms with Crippen LogP contribution < -0.4 is 0 Å². The summed E-state index contributed by atoms with van der Waals surface area (Å²) in [5.74, 6) is 0. The van der Waals surface area contributed by atoms with Crippen LogP contribution in [-0.4, -0.2) is 0 Å². The molecule has 0 aliphatic rings. The van der Waals surface area contributed by atoms with Crippen LogP contribution in [0.2, 0.25) is 0 Å². The molecule has 0 saturated carbocycles. The van der Waals surface area contributed by atoms with Crippen LogP contribution in [0.1, 0.15) is 0 Å². The van der Waals surface area contributed by atoms with Crippen molar-refractivity contribution in [1.29, 1.82) is 0 Å². The quantitative estimate of drug-likeness (QED) is 0.434. The Hall–Kier alpha value is 2.14. The average Bonchev–Trinajstić information content (AvgIpc) is 0. The Balaban J connectivity index is 0. The van der Waals surface area contributed by atoms with E-state index in [2.05, 4.69) is 0 Å². The Morgan fingerprint density at radius 1 is 1.00 bits per heavy atom. The van der Waals surface area contributed by atoms with E-state index in [1.807, 2.05) is 0 Å². The van der Waals surface area contributed by atoms with Crippen molar-refractivity contribution in [3.63, 3.8) is 0 Å². The number of hydrogen-bond donors (Lipinski definition) is 0. The third-order valence-electron chi connectivity index (χ3n) is 0. The summed E-state index contributed by atoms with van der Waals surface area (Å²) < 4.78 is 0. The summed E-state index contributed by atoms with van der Waals surface area (Å²) in [5.41, 5.74) is 0. The molecule has 0 aromatic carbocycles. The molecule has 0 N–H and O–H groups in total. The van der Waals surface area contributed by atoms with Crippen LogP contribution in [0.4, 0.5) is 0 Å². The first kappa shape index (κ1) is 35.4. The Labute approximate surface area is 64.4 Å². The average molecular weight is 333 g/mol. The van der Waals surface area contributed by atoms with Crippen LogP contribution in [0.3, 0.4) is 0 Å². The molecule has 0 nitrogen and oxygen atoms in total. The molecule has 0 saturated heterocycles. The molecule has 1 unspecified atom stereocenters. The van der Waals surface area contributed by atoms with Gasteiger partial charge in [0.1, 0.15) is 0 Å². The van der Waals surface area contributed by atoms with E-state index in [1.54, 1.807) is 0 Å². The largest absolute Gasteiger partial charge is 0.153 e. The fraction of sp³-hybridized carbons (Fsp3) is 0. The van der Waals surface area contributed by atoms with E-state index in [1.165, 1.54) is 0 Å². The van der Waals surface area contributed by atoms with Gasteiger partial charge in [0.25, 0.3) is 0 Å². The van der Waals surface area contributed by atoms with Crippen molar-refractivity contribution in [2.45, 2.75) is 0 Å². The molecule has 0 bridgehead atoms. The third-order valence-corrected chi connectivity index (χ3v) is 0. The summed E-state index contributed by atoms with van der Waals surface area (Å²) in [4.78, 5) is 0. The molecule has 4 heteroatoms. The van der Waals surface area contributed by atoms with Crippen molar-refractivity contribution in [2.24, 2.45) is 0 Å². The van der Waals surface area contributed by atoms with Crippen LogP contribution in [0.5, 0.6) is 0 Å². The fourth-order valence-electron chi connectivity index (χ4n) is 0. The molecule has 0 aromatic heterocycles.